The Kier molecular flexibility index (Phi) is 7.07. The van der Waals surface area contributed by atoms with Crippen LogP contribution in [0.5, 0.6) is 11.5 Å². The molecule has 7 heteroatoms. The second kappa shape index (κ2) is 9.28. The smallest absolute Gasteiger partial charge is 0.276 e. The van der Waals surface area contributed by atoms with Crippen molar-refractivity contribution in [3.63, 3.8) is 0 Å². The van der Waals surface area contributed by atoms with E-state index in [9.17, 15) is 9.59 Å². The van der Waals surface area contributed by atoms with Crippen LogP contribution >= 0.6 is 11.6 Å². The van der Waals surface area contributed by atoms with Gasteiger partial charge in [-0.1, -0.05) is 11.6 Å². The van der Waals surface area contributed by atoms with Crippen molar-refractivity contribution >= 4 is 23.4 Å². The lowest BCUT2D eigenvalue weighted by Crippen LogP contribution is -2.43. The van der Waals surface area contributed by atoms with E-state index in [0.717, 1.165) is 11.1 Å². The third-order valence-electron chi connectivity index (χ3n) is 3.58. The van der Waals surface area contributed by atoms with Gasteiger partial charge in [0.05, 0.1) is 6.10 Å². The van der Waals surface area contributed by atoms with Gasteiger partial charge in [0.25, 0.3) is 11.8 Å². The molecule has 0 spiro atoms. The van der Waals surface area contributed by atoms with Gasteiger partial charge in [0.2, 0.25) is 0 Å². The summed E-state index contributed by atoms with van der Waals surface area (Å²) in [5, 5.41) is 0.670. The van der Waals surface area contributed by atoms with Gasteiger partial charge in [0.1, 0.15) is 11.5 Å². The number of nitrogens with one attached hydrogen (secondary N) is 2. The van der Waals surface area contributed by atoms with Crippen molar-refractivity contribution in [1.82, 2.24) is 10.9 Å². The number of ether oxygens (including phenoxy) is 2. The van der Waals surface area contributed by atoms with Gasteiger partial charge in [-0.2, -0.15) is 0 Å². The van der Waals surface area contributed by atoms with E-state index >= 15 is 0 Å². The second-order valence-electron chi connectivity index (χ2n) is 6.35. The molecule has 2 rings (SSSR count). The molecule has 2 aromatic rings. The number of hydrazine groups is 1. The number of hydrogen-bond donors (Lipinski definition) is 2. The predicted octanol–water partition coefficient (Wildman–Crippen LogP) is 3.58. The first-order valence-electron chi connectivity index (χ1n) is 8.51. The molecule has 0 aromatic heterocycles. The molecule has 0 heterocycles. The van der Waals surface area contributed by atoms with Crippen LogP contribution < -0.4 is 20.3 Å². The molecule has 6 nitrogen and oxygen atoms in total. The highest BCUT2D eigenvalue weighted by Crippen LogP contribution is 2.25. The SMILES string of the molecule is Cc1cc(OCC(=O)NNC(=O)c2ccc(OC(C)C)cc2)cc(C)c1Cl. The van der Waals surface area contributed by atoms with Crippen LogP contribution in [-0.4, -0.2) is 24.5 Å². The molecule has 0 aliphatic rings. The summed E-state index contributed by atoms with van der Waals surface area (Å²) in [6.07, 6.45) is 0.0529. The third kappa shape index (κ3) is 6.18. The molecule has 2 N–H and O–H groups in total. The highest BCUT2D eigenvalue weighted by molar-refractivity contribution is 6.32. The fourth-order valence-corrected chi connectivity index (χ4v) is 2.44. The van der Waals surface area contributed by atoms with Gasteiger partial charge in [-0.15, -0.1) is 0 Å². The van der Waals surface area contributed by atoms with Gasteiger partial charge in [-0.25, -0.2) is 0 Å². The fourth-order valence-electron chi connectivity index (χ4n) is 2.33. The van der Waals surface area contributed by atoms with E-state index in [-0.39, 0.29) is 12.7 Å². The Balaban J connectivity index is 1.82. The van der Waals surface area contributed by atoms with Crippen molar-refractivity contribution in [2.45, 2.75) is 33.8 Å². The number of carbonyl (C=O) groups excluding carboxylic acids is 2. The molecule has 0 aliphatic heterocycles. The molecular formula is C20H23ClN2O4. The monoisotopic (exact) mass is 390 g/mol. The summed E-state index contributed by atoms with van der Waals surface area (Å²) < 4.78 is 11.0. The van der Waals surface area contributed by atoms with Crippen LogP contribution in [0.15, 0.2) is 36.4 Å². The number of aryl methyl sites for hydroxylation is 2. The summed E-state index contributed by atoms with van der Waals surface area (Å²) in [6.45, 7) is 7.33. The molecule has 0 saturated carbocycles. The summed E-state index contributed by atoms with van der Waals surface area (Å²) in [6, 6.07) is 10.1. The van der Waals surface area contributed by atoms with Crippen LogP contribution in [0.25, 0.3) is 0 Å². The van der Waals surface area contributed by atoms with Gasteiger partial charge >= 0.3 is 0 Å². The number of benzene rings is 2. The lowest BCUT2D eigenvalue weighted by Gasteiger charge is -2.12. The molecule has 0 atom stereocenters. The van der Waals surface area contributed by atoms with Gasteiger partial charge < -0.3 is 9.47 Å². The average molecular weight is 391 g/mol. The van der Waals surface area contributed by atoms with Gasteiger partial charge in [-0.3, -0.25) is 20.4 Å². The lowest BCUT2D eigenvalue weighted by atomic mass is 10.1. The summed E-state index contributed by atoms with van der Waals surface area (Å²) >= 11 is 6.10. The van der Waals surface area contributed by atoms with Crippen LogP contribution in [0.2, 0.25) is 5.02 Å². The molecule has 0 saturated heterocycles. The van der Waals surface area contributed by atoms with Crippen molar-refractivity contribution in [1.29, 1.82) is 0 Å². The van der Waals surface area contributed by atoms with E-state index in [1.165, 1.54) is 0 Å². The molecule has 0 bridgehead atoms. The Bertz CT molecular complexity index is 796. The Morgan fingerprint density at radius 1 is 1.00 bits per heavy atom. The summed E-state index contributed by atoms with van der Waals surface area (Å²) in [5.41, 5.74) is 6.80. The lowest BCUT2D eigenvalue weighted by molar-refractivity contribution is -0.123. The van der Waals surface area contributed by atoms with E-state index in [0.29, 0.717) is 22.1 Å². The Morgan fingerprint density at radius 2 is 1.59 bits per heavy atom. The van der Waals surface area contributed by atoms with Crippen molar-refractivity contribution in [2.75, 3.05) is 6.61 Å². The average Bonchev–Trinajstić information content (AvgIpc) is 2.62. The highest BCUT2D eigenvalue weighted by Gasteiger charge is 2.10. The number of carbonyl (C=O) groups is 2. The fraction of sp³-hybridized carbons (Fsp3) is 0.300. The first kappa shape index (κ1) is 20.6. The zero-order valence-electron chi connectivity index (χ0n) is 15.8. The molecule has 2 aromatic carbocycles. The van der Waals surface area contributed by atoms with E-state index in [1.54, 1.807) is 36.4 Å². The van der Waals surface area contributed by atoms with E-state index in [4.69, 9.17) is 21.1 Å². The standard InChI is InChI=1S/C20H23ClN2O4/c1-12(2)27-16-7-5-15(6-8-16)20(25)23-22-18(24)11-26-17-9-13(3)19(21)14(4)10-17/h5-10,12H,11H2,1-4H3,(H,22,24)(H,23,25). The van der Waals surface area contributed by atoms with Gasteiger partial charge in [0, 0.05) is 10.6 Å². The van der Waals surface area contributed by atoms with E-state index in [2.05, 4.69) is 10.9 Å². The van der Waals surface area contributed by atoms with Crippen LogP contribution in [0.3, 0.4) is 0 Å². The molecule has 0 radical (unpaired) electrons. The minimum atomic E-state index is -0.478. The Labute approximate surface area is 163 Å². The maximum atomic E-state index is 12.1. The van der Waals surface area contributed by atoms with Crippen molar-refractivity contribution in [3.8, 4) is 11.5 Å². The van der Waals surface area contributed by atoms with Crippen LogP contribution in [0, 0.1) is 13.8 Å². The molecular weight excluding hydrogens is 368 g/mol. The molecule has 27 heavy (non-hydrogen) atoms. The zero-order valence-corrected chi connectivity index (χ0v) is 16.5. The maximum Gasteiger partial charge on any atom is 0.276 e. The first-order chi connectivity index (χ1) is 12.8. The predicted molar refractivity (Wildman–Crippen MR) is 104 cm³/mol. The molecule has 0 unspecified atom stereocenters. The van der Waals surface area contributed by atoms with Crippen molar-refractivity contribution < 1.29 is 19.1 Å². The number of amides is 2. The van der Waals surface area contributed by atoms with Gasteiger partial charge in [0.15, 0.2) is 6.61 Å². The molecule has 0 aliphatic carbocycles. The third-order valence-corrected chi connectivity index (χ3v) is 4.18. The van der Waals surface area contributed by atoms with Crippen molar-refractivity contribution in [2.24, 2.45) is 0 Å². The topological polar surface area (TPSA) is 76.7 Å². The maximum absolute atomic E-state index is 12.1. The Hall–Kier alpha value is -2.73. The second-order valence-corrected chi connectivity index (χ2v) is 6.73. The minimum Gasteiger partial charge on any atom is -0.491 e. The first-order valence-corrected chi connectivity index (χ1v) is 8.89. The normalized spacial score (nSPS) is 10.4. The highest BCUT2D eigenvalue weighted by atomic mass is 35.5. The number of rotatable bonds is 6. The van der Waals surface area contributed by atoms with Crippen molar-refractivity contribution in [3.05, 3.63) is 58.1 Å². The quantitative estimate of drug-likeness (QED) is 0.739. The molecule has 0 fully saturated rings. The van der Waals surface area contributed by atoms with E-state index < -0.39 is 11.8 Å². The molecule has 144 valence electrons. The van der Waals surface area contributed by atoms with Crippen LogP contribution in [-0.2, 0) is 4.79 Å². The van der Waals surface area contributed by atoms with Gasteiger partial charge in [-0.05, 0) is 75.2 Å². The number of hydrogen-bond acceptors (Lipinski definition) is 4. The summed E-state index contributed by atoms with van der Waals surface area (Å²) in [7, 11) is 0. The summed E-state index contributed by atoms with van der Waals surface area (Å²) in [4.78, 5) is 23.9. The Morgan fingerprint density at radius 3 is 2.15 bits per heavy atom. The summed E-state index contributed by atoms with van der Waals surface area (Å²) in [5.74, 6) is 0.301. The minimum absolute atomic E-state index is 0.0529. The molecule has 2 amide bonds. The van der Waals surface area contributed by atoms with Crippen LogP contribution in [0.4, 0.5) is 0 Å². The van der Waals surface area contributed by atoms with E-state index in [1.807, 2.05) is 27.7 Å². The number of halogens is 1. The van der Waals surface area contributed by atoms with Crippen LogP contribution in [0.1, 0.15) is 35.3 Å². The zero-order chi connectivity index (χ0) is 20.0. The largest absolute Gasteiger partial charge is 0.491 e.